The van der Waals surface area contributed by atoms with E-state index in [0.717, 1.165) is 23.2 Å². The number of carbonyl (C=O) groups excluding carboxylic acids is 1. The van der Waals surface area contributed by atoms with Gasteiger partial charge in [-0.3, -0.25) is 4.79 Å². The number of hydrogen-bond acceptors (Lipinski definition) is 4. The Labute approximate surface area is 174 Å². The molecule has 0 aliphatic carbocycles. The van der Waals surface area contributed by atoms with Crippen LogP contribution in [0.25, 0.3) is 22.6 Å². The molecule has 1 amide bonds. The quantitative estimate of drug-likeness (QED) is 0.405. The molecule has 0 fully saturated rings. The van der Waals surface area contributed by atoms with Crippen LogP contribution in [-0.2, 0) is 16.0 Å². The van der Waals surface area contributed by atoms with E-state index in [-0.39, 0.29) is 17.5 Å². The SMILES string of the molecule is CCc1ccc(-c2nc(SCC(=O)NCCOC)c(-c3ccc(F)cc3)[nH]2)cc1. The van der Waals surface area contributed by atoms with Crippen LogP contribution in [0.15, 0.2) is 53.6 Å². The van der Waals surface area contributed by atoms with E-state index >= 15 is 0 Å². The first-order chi connectivity index (χ1) is 14.1. The van der Waals surface area contributed by atoms with Gasteiger partial charge in [-0.25, -0.2) is 9.37 Å². The second kappa shape index (κ2) is 10.2. The van der Waals surface area contributed by atoms with E-state index in [0.29, 0.717) is 24.0 Å². The lowest BCUT2D eigenvalue weighted by molar-refractivity contribution is -0.118. The predicted molar refractivity (Wildman–Crippen MR) is 114 cm³/mol. The Hall–Kier alpha value is -2.64. The topological polar surface area (TPSA) is 67.0 Å². The molecule has 7 heteroatoms. The molecular weight excluding hydrogens is 389 g/mol. The van der Waals surface area contributed by atoms with Crippen LogP contribution < -0.4 is 5.32 Å². The average molecular weight is 414 g/mol. The van der Waals surface area contributed by atoms with Gasteiger partial charge in [0.15, 0.2) is 0 Å². The average Bonchev–Trinajstić information content (AvgIpc) is 3.17. The van der Waals surface area contributed by atoms with E-state index in [2.05, 4.69) is 29.4 Å². The smallest absolute Gasteiger partial charge is 0.230 e. The Morgan fingerprint density at radius 3 is 2.48 bits per heavy atom. The Morgan fingerprint density at radius 1 is 1.14 bits per heavy atom. The number of aromatic nitrogens is 2. The van der Waals surface area contributed by atoms with Crippen LogP contribution in [0.4, 0.5) is 4.39 Å². The number of amides is 1. The summed E-state index contributed by atoms with van der Waals surface area (Å²) in [4.78, 5) is 20.1. The Kier molecular flexibility index (Phi) is 7.43. The number of thioether (sulfide) groups is 1. The molecule has 0 unspecified atom stereocenters. The lowest BCUT2D eigenvalue weighted by atomic mass is 10.1. The molecule has 0 radical (unpaired) electrons. The number of aromatic amines is 1. The number of nitrogens with one attached hydrogen (secondary N) is 2. The van der Waals surface area contributed by atoms with E-state index in [1.165, 1.54) is 29.5 Å². The van der Waals surface area contributed by atoms with Crippen LogP contribution >= 0.6 is 11.8 Å². The van der Waals surface area contributed by atoms with Crippen molar-refractivity contribution in [1.82, 2.24) is 15.3 Å². The van der Waals surface area contributed by atoms with Crippen molar-refractivity contribution in [3.8, 4) is 22.6 Å². The number of methoxy groups -OCH3 is 1. The van der Waals surface area contributed by atoms with Gasteiger partial charge in [-0.15, -0.1) is 0 Å². The maximum Gasteiger partial charge on any atom is 0.230 e. The van der Waals surface area contributed by atoms with Crippen LogP contribution in [0.3, 0.4) is 0 Å². The molecule has 3 aromatic rings. The number of H-pyrrole nitrogens is 1. The fourth-order valence-corrected chi connectivity index (χ4v) is 3.63. The van der Waals surface area contributed by atoms with Crippen molar-refractivity contribution in [3.05, 3.63) is 59.9 Å². The zero-order valence-corrected chi connectivity index (χ0v) is 17.3. The molecule has 1 aromatic heterocycles. The highest BCUT2D eigenvalue weighted by atomic mass is 32.2. The van der Waals surface area contributed by atoms with Crippen molar-refractivity contribution in [1.29, 1.82) is 0 Å². The van der Waals surface area contributed by atoms with Gasteiger partial charge in [-0.2, -0.15) is 0 Å². The molecule has 1 heterocycles. The van der Waals surface area contributed by atoms with Crippen LogP contribution in [0.5, 0.6) is 0 Å². The van der Waals surface area contributed by atoms with Gasteiger partial charge < -0.3 is 15.0 Å². The molecule has 0 atom stereocenters. The summed E-state index contributed by atoms with van der Waals surface area (Å²) in [5.41, 5.74) is 3.80. The highest BCUT2D eigenvalue weighted by Gasteiger charge is 2.16. The van der Waals surface area contributed by atoms with E-state index < -0.39 is 0 Å². The van der Waals surface area contributed by atoms with E-state index in [1.807, 2.05) is 12.1 Å². The van der Waals surface area contributed by atoms with Crippen molar-refractivity contribution in [2.45, 2.75) is 18.4 Å². The first-order valence-electron chi connectivity index (χ1n) is 9.44. The number of ether oxygens (including phenoxy) is 1. The summed E-state index contributed by atoms with van der Waals surface area (Å²) >= 11 is 1.35. The van der Waals surface area contributed by atoms with Gasteiger partial charge in [-0.05, 0) is 36.2 Å². The number of hydrogen-bond donors (Lipinski definition) is 2. The molecule has 2 N–H and O–H groups in total. The molecule has 0 saturated carbocycles. The molecule has 0 aliphatic rings. The molecule has 29 heavy (non-hydrogen) atoms. The Balaban J connectivity index is 1.84. The number of aryl methyl sites for hydroxylation is 1. The highest BCUT2D eigenvalue weighted by Crippen LogP contribution is 2.32. The fraction of sp³-hybridized carbons (Fsp3) is 0.273. The van der Waals surface area contributed by atoms with Gasteiger partial charge in [0.2, 0.25) is 5.91 Å². The number of nitrogens with zero attached hydrogens (tertiary/aromatic N) is 1. The number of benzene rings is 2. The van der Waals surface area contributed by atoms with E-state index in [4.69, 9.17) is 9.72 Å². The summed E-state index contributed by atoms with van der Waals surface area (Å²) in [6, 6.07) is 14.4. The maximum absolute atomic E-state index is 13.4. The minimum atomic E-state index is -0.296. The number of imidazole rings is 1. The van der Waals surface area contributed by atoms with Gasteiger partial charge in [-0.1, -0.05) is 43.0 Å². The van der Waals surface area contributed by atoms with Crippen molar-refractivity contribution >= 4 is 17.7 Å². The molecule has 5 nitrogen and oxygen atoms in total. The van der Waals surface area contributed by atoms with Crippen LogP contribution in [-0.4, -0.2) is 41.9 Å². The third kappa shape index (κ3) is 5.68. The van der Waals surface area contributed by atoms with Crippen LogP contribution in [0, 0.1) is 5.82 Å². The molecule has 152 valence electrons. The largest absolute Gasteiger partial charge is 0.383 e. The van der Waals surface area contributed by atoms with E-state index in [9.17, 15) is 9.18 Å². The van der Waals surface area contributed by atoms with Crippen molar-refractivity contribution in [2.24, 2.45) is 0 Å². The van der Waals surface area contributed by atoms with Gasteiger partial charge in [0.1, 0.15) is 16.7 Å². The normalized spacial score (nSPS) is 10.9. The fourth-order valence-electron chi connectivity index (χ4n) is 2.79. The zero-order chi connectivity index (χ0) is 20.6. The highest BCUT2D eigenvalue weighted by molar-refractivity contribution is 8.00. The first-order valence-corrected chi connectivity index (χ1v) is 10.4. The maximum atomic E-state index is 13.4. The van der Waals surface area contributed by atoms with Gasteiger partial charge in [0.05, 0.1) is 18.1 Å². The molecule has 0 saturated heterocycles. The van der Waals surface area contributed by atoms with Crippen LogP contribution in [0.2, 0.25) is 0 Å². The standard InChI is InChI=1S/C22H24FN3O2S/c1-3-15-4-6-17(7-5-15)21-25-20(16-8-10-18(23)11-9-16)22(26-21)29-14-19(27)24-12-13-28-2/h4-11H,3,12-14H2,1-2H3,(H,24,27)(H,25,26). The Morgan fingerprint density at radius 2 is 1.83 bits per heavy atom. The number of halogens is 1. The van der Waals surface area contributed by atoms with Crippen molar-refractivity contribution in [2.75, 3.05) is 26.0 Å². The Bertz CT molecular complexity index is 940. The summed E-state index contributed by atoms with van der Waals surface area (Å²) in [5, 5.41) is 3.50. The summed E-state index contributed by atoms with van der Waals surface area (Å²) in [6.07, 6.45) is 0.971. The van der Waals surface area contributed by atoms with E-state index in [1.54, 1.807) is 19.2 Å². The lowest BCUT2D eigenvalue weighted by Gasteiger charge is -2.05. The molecule has 0 bridgehead atoms. The number of rotatable bonds is 9. The minimum Gasteiger partial charge on any atom is -0.383 e. The van der Waals surface area contributed by atoms with Gasteiger partial charge >= 0.3 is 0 Å². The predicted octanol–water partition coefficient (Wildman–Crippen LogP) is 4.30. The second-order valence-electron chi connectivity index (χ2n) is 6.45. The summed E-state index contributed by atoms with van der Waals surface area (Å²) in [7, 11) is 1.59. The van der Waals surface area contributed by atoms with Gasteiger partial charge in [0.25, 0.3) is 0 Å². The number of carbonyl (C=O) groups is 1. The zero-order valence-electron chi connectivity index (χ0n) is 16.5. The third-order valence-electron chi connectivity index (χ3n) is 4.41. The van der Waals surface area contributed by atoms with Gasteiger partial charge in [0, 0.05) is 24.8 Å². The molecule has 0 aliphatic heterocycles. The summed E-state index contributed by atoms with van der Waals surface area (Å²) < 4.78 is 18.3. The second-order valence-corrected chi connectivity index (χ2v) is 7.42. The first kappa shape index (κ1) is 21.1. The summed E-state index contributed by atoms with van der Waals surface area (Å²) in [5.74, 6) is 0.565. The van der Waals surface area contributed by atoms with Crippen LogP contribution in [0.1, 0.15) is 12.5 Å². The molecule has 3 rings (SSSR count). The van der Waals surface area contributed by atoms with Crippen molar-refractivity contribution < 1.29 is 13.9 Å². The van der Waals surface area contributed by atoms with Crippen molar-refractivity contribution in [3.63, 3.8) is 0 Å². The minimum absolute atomic E-state index is 0.0889. The molecular formula is C22H24FN3O2S. The molecule has 0 spiro atoms. The third-order valence-corrected chi connectivity index (χ3v) is 5.38. The monoisotopic (exact) mass is 413 g/mol. The molecule has 2 aromatic carbocycles. The lowest BCUT2D eigenvalue weighted by Crippen LogP contribution is -2.28. The summed E-state index contributed by atoms with van der Waals surface area (Å²) in [6.45, 7) is 3.05.